The zero-order valence-electron chi connectivity index (χ0n) is 14.6. The van der Waals surface area contributed by atoms with Crippen LogP contribution in [0.2, 0.25) is 0 Å². The maximum atomic E-state index is 4.65. The highest BCUT2D eigenvalue weighted by molar-refractivity contribution is 14.0. The van der Waals surface area contributed by atoms with Crippen molar-refractivity contribution in [3.05, 3.63) is 32.2 Å². The Morgan fingerprint density at radius 3 is 2.71 bits per heavy atom. The van der Waals surface area contributed by atoms with Crippen molar-refractivity contribution in [2.45, 2.75) is 46.1 Å². The molecule has 2 aromatic rings. The standard InChI is InChI=1S/C16H25N5S2.HI/c1-5-13-8-19-14(23-13)9-20-16(17-4)18-7-6-12-10-22-15(21-12)11(2)3;/h8,10-11H,5-7,9H2,1-4H3,(H2,17,18,20);1H. The Morgan fingerprint density at radius 1 is 1.33 bits per heavy atom. The topological polar surface area (TPSA) is 62.2 Å². The number of guanidine groups is 1. The summed E-state index contributed by atoms with van der Waals surface area (Å²) in [4.78, 5) is 14.6. The van der Waals surface area contributed by atoms with Gasteiger partial charge in [0.25, 0.3) is 0 Å². The van der Waals surface area contributed by atoms with Gasteiger partial charge in [-0.15, -0.1) is 46.7 Å². The lowest BCUT2D eigenvalue weighted by molar-refractivity contribution is 0.775. The molecule has 134 valence electrons. The summed E-state index contributed by atoms with van der Waals surface area (Å²) in [5.41, 5.74) is 1.15. The molecule has 2 N–H and O–H groups in total. The van der Waals surface area contributed by atoms with Crippen molar-refractivity contribution < 1.29 is 0 Å². The van der Waals surface area contributed by atoms with Crippen molar-refractivity contribution in [1.82, 2.24) is 20.6 Å². The van der Waals surface area contributed by atoms with Crippen LogP contribution >= 0.6 is 46.7 Å². The summed E-state index contributed by atoms with van der Waals surface area (Å²) >= 11 is 3.49. The second-order valence-corrected chi connectivity index (χ2v) is 7.60. The molecule has 8 heteroatoms. The maximum Gasteiger partial charge on any atom is 0.191 e. The summed E-state index contributed by atoms with van der Waals surface area (Å²) in [5, 5.41) is 11.1. The number of aromatic nitrogens is 2. The lowest BCUT2D eigenvalue weighted by Crippen LogP contribution is -2.37. The Bertz CT molecular complexity index is 636. The quantitative estimate of drug-likeness (QED) is 0.360. The molecule has 24 heavy (non-hydrogen) atoms. The van der Waals surface area contributed by atoms with E-state index >= 15 is 0 Å². The average molecular weight is 479 g/mol. The fraction of sp³-hybridized carbons (Fsp3) is 0.562. The first-order valence-corrected chi connectivity index (χ1v) is 9.64. The summed E-state index contributed by atoms with van der Waals surface area (Å²) in [6.45, 7) is 8.02. The Balaban J connectivity index is 0.00000288. The summed E-state index contributed by atoms with van der Waals surface area (Å²) in [7, 11) is 1.79. The van der Waals surface area contributed by atoms with Crippen molar-refractivity contribution >= 4 is 52.6 Å². The van der Waals surface area contributed by atoms with Gasteiger partial charge < -0.3 is 10.6 Å². The van der Waals surface area contributed by atoms with Gasteiger partial charge in [0, 0.05) is 42.4 Å². The number of thiazole rings is 2. The van der Waals surface area contributed by atoms with Gasteiger partial charge in [-0.05, 0) is 6.42 Å². The molecule has 0 amide bonds. The van der Waals surface area contributed by atoms with Crippen molar-refractivity contribution in [2.75, 3.05) is 13.6 Å². The van der Waals surface area contributed by atoms with Crippen LogP contribution in [0.15, 0.2) is 16.6 Å². The van der Waals surface area contributed by atoms with E-state index in [1.165, 1.54) is 9.88 Å². The third-order valence-corrected chi connectivity index (χ3v) is 5.65. The molecule has 0 fully saturated rings. The Morgan fingerprint density at radius 2 is 2.12 bits per heavy atom. The number of nitrogens with one attached hydrogen (secondary N) is 2. The first-order valence-electron chi connectivity index (χ1n) is 7.94. The van der Waals surface area contributed by atoms with Crippen molar-refractivity contribution in [2.24, 2.45) is 4.99 Å². The van der Waals surface area contributed by atoms with Crippen LogP contribution < -0.4 is 10.6 Å². The molecule has 0 radical (unpaired) electrons. The van der Waals surface area contributed by atoms with Crippen molar-refractivity contribution in [3.63, 3.8) is 0 Å². The second-order valence-electron chi connectivity index (χ2n) is 5.51. The predicted octanol–water partition coefficient (Wildman–Crippen LogP) is 3.81. The third kappa shape index (κ3) is 6.64. The first kappa shape index (κ1) is 21.3. The van der Waals surface area contributed by atoms with Gasteiger partial charge in [0.05, 0.1) is 17.2 Å². The van der Waals surface area contributed by atoms with E-state index in [1.807, 2.05) is 6.20 Å². The average Bonchev–Trinajstić information content (AvgIpc) is 3.19. The van der Waals surface area contributed by atoms with E-state index < -0.39 is 0 Å². The fourth-order valence-corrected chi connectivity index (χ4v) is 3.66. The van der Waals surface area contributed by atoms with Gasteiger partial charge in [0.1, 0.15) is 5.01 Å². The van der Waals surface area contributed by atoms with E-state index in [-0.39, 0.29) is 24.0 Å². The predicted molar refractivity (Wildman–Crippen MR) is 115 cm³/mol. The molecular formula is C16H26IN5S2. The molecule has 0 spiro atoms. The highest BCUT2D eigenvalue weighted by Gasteiger charge is 2.06. The molecule has 0 atom stereocenters. The van der Waals surface area contributed by atoms with Gasteiger partial charge in [-0.1, -0.05) is 20.8 Å². The van der Waals surface area contributed by atoms with Gasteiger partial charge in [0.15, 0.2) is 5.96 Å². The monoisotopic (exact) mass is 479 g/mol. The first-order chi connectivity index (χ1) is 11.1. The minimum absolute atomic E-state index is 0. The lowest BCUT2D eigenvalue weighted by atomic mass is 10.2. The highest BCUT2D eigenvalue weighted by atomic mass is 127. The Hall–Kier alpha value is -0.740. The van der Waals surface area contributed by atoms with E-state index in [4.69, 9.17) is 0 Å². The molecule has 0 aliphatic rings. The molecule has 0 bridgehead atoms. The molecule has 0 unspecified atom stereocenters. The smallest absolute Gasteiger partial charge is 0.191 e. The fourth-order valence-electron chi connectivity index (χ4n) is 1.98. The van der Waals surface area contributed by atoms with Gasteiger partial charge in [-0.25, -0.2) is 9.97 Å². The zero-order valence-corrected chi connectivity index (χ0v) is 18.6. The number of hydrogen-bond donors (Lipinski definition) is 2. The van der Waals surface area contributed by atoms with E-state index in [0.717, 1.165) is 36.0 Å². The molecule has 2 rings (SSSR count). The van der Waals surface area contributed by atoms with Crippen molar-refractivity contribution in [1.29, 1.82) is 0 Å². The lowest BCUT2D eigenvalue weighted by Gasteiger charge is -2.10. The number of halogens is 1. The molecule has 2 aromatic heterocycles. The summed E-state index contributed by atoms with van der Waals surface area (Å²) in [5.74, 6) is 1.31. The van der Waals surface area contributed by atoms with Crippen LogP contribution in [0.4, 0.5) is 0 Å². The number of rotatable bonds is 7. The van der Waals surface area contributed by atoms with Gasteiger partial charge >= 0.3 is 0 Å². The van der Waals surface area contributed by atoms with Crippen LogP contribution in [-0.4, -0.2) is 29.5 Å². The zero-order chi connectivity index (χ0) is 16.7. The highest BCUT2D eigenvalue weighted by Crippen LogP contribution is 2.19. The summed E-state index contributed by atoms with van der Waals surface area (Å²) in [6, 6.07) is 0. The van der Waals surface area contributed by atoms with Crippen LogP contribution in [0.25, 0.3) is 0 Å². The number of aryl methyl sites for hydroxylation is 1. The minimum Gasteiger partial charge on any atom is -0.356 e. The largest absolute Gasteiger partial charge is 0.356 e. The molecule has 0 aromatic carbocycles. The maximum absolute atomic E-state index is 4.65. The molecule has 0 aliphatic heterocycles. The van der Waals surface area contributed by atoms with Crippen LogP contribution in [0.1, 0.15) is 47.3 Å². The van der Waals surface area contributed by atoms with Gasteiger partial charge in [-0.2, -0.15) is 0 Å². The van der Waals surface area contributed by atoms with Crippen molar-refractivity contribution in [3.8, 4) is 0 Å². The van der Waals surface area contributed by atoms with Crippen LogP contribution in [0.5, 0.6) is 0 Å². The third-order valence-electron chi connectivity index (χ3n) is 3.32. The summed E-state index contributed by atoms with van der Waals surface area (Å²) in [6.07, 6.45) is 3.89. The molecule has 0 saturated carbocycles. The minimum atomic E-state index is 0. The number of aliphatic imine (C=N–C) groups is 1. The molecule has 0 saturated heterocycles. The van der Waals surface area contributed by atoms with Crippen LogP contribution in [0.3, 0.4) is 0 Å². The molecule has 0 aliphatic carbocycles. The van der Waals surface area contributed by atoms with E-state index in [0.29, 0.717) is 12.5 Å². The Kier molecular flexibility index (Phi) is 9.75. The second kappa shape index (κ2) is 11.0. The molecular weight excluding hydrogens is 453 g/mol. The SMILES string of the molecule is CCc1cnc(CNC(=NC)NCCc2csc(C(C)C)n2)s1.I. The van der Waals surface area contributed by atoms with Crippen LogP contribution in [0, 0.1) is 0 Å². The Labute approximate surface area is 169 Å². The van der Waals surface area contributed by atoms with Crippen LogP contribution in [-0.2, 0) is 19.4 Å². The normalized spacial score (nSPS) is 11.5. The van der Waals surface area contributed by atoms with E-state index in [2.05, 4.69) is 51.7 Å². The van der Waals surface area contributed by atoms with Gasteiger partial charge in [-0.3, -0.25) is 4.99 Å². The van der Waals surface area contributed by atoms with E-state index in [9.17, 15) is 0 Å². The van der Waals surface area contributed by atoms with Gasteiger partial charge in [0.2, 0.25) is 0 Å². The number of nitrogens with zero attached hydrogens (tertiary/aromatic N) is 3. The molecule has 2 heterocycles. The van der Waals surface area contributed by atoms with E-state index in [1.54, 1.807) is 29.7 Å². The summed E-state index contributed by atoms with van der Waals surface area (Å²) < 4.78 is 0. The number of hydrogen-bond acceptors (Lipinski definition) is 5. The molecule has 5 nitrogen and oxygen atoms in total.